The number of benzene rings is 3. The van der Waals surface area contributed by atoms with Gasteiger partial charge >= 0.3 is 0 Å². The predicted molar refractivity (Wildman–Crippen MR) is 90.8 cm³/mol. The molecule has 0 N–H and O–H groups in total. The molecule has 20 heavy (non-hydrogen) atoms. The monoisotopic (exact) mass is 344 g/mol. The van der Waals surface area contributed by atoms with E-state index in [0.29, 0.717) is 0 Å². The predicted octanol–water partition coefficient (Wildman–Crippen LogP) is 6.29. The Morgan fingerprint density at radius 3 is 2.45 bits per heavy atom. The van der Waals surface area contributed by atoms with Crippen LogP contribution in [0.1, 0.15) is 24.0 Å². The van der Waals surface area contributed by atoms with Gasteiger partial charge in [0.1, 0.15) is 0 Å². The highest BCUT2D eigenvalue weighted by Gasteiger charge is 2.18. The van der Waals surface area contributed by atoms with Gasteiger partial charge in [-0.2, -0.15) is 0 Å². The lowest BCUT2D eigenvalue weighted by Crippen LogP contribution is -2.03. The van der Waals surface area contributed by atoms with E-state index in [1.807, 2.05) is 0 Å². The molecule has 3 aromatic rings. The van der Waals surface area contributed by atoms with E-state index in [1.54, 1.807) is 0 Å². The van der Waals surface area contributed by atoms with Gasteiger partial charge < -0.3 is 0 Å². The standard InChI is InChI=1S/C18H14BrCl/c19-17-15-8-4-3-7-13(15)14-10-9-11-5-1-2-6-12(11)16(14)18(17)20/h3-4,7-10H,1-2,5-6H2. The first kappa shape index (κ1) is 12.7. The van der Waals surface area contributed by atoms with Crippen LogP contribution in [0.15, 0.2) is 40.9 Å². The van der Waals surface area contributed by atoms with Crippen molar-refractivity contribution in [2.24, 2.45) is 0 Å². The summed E-state index contributed by atoms with van der Waals surface area (Å²) < 4.78 is 1.03. The summed E-state index contributed by atoms with van der Waals surface area (Å²) in [5.41, 5.74) is 2.94. The van der Waals surface area contributed by atoms with Crippen molar-refractivity contribution in [1.82, 2.24) is 0 Å². The lowest BCUT2D eigenvalue weighted by Gasteiger charge is -2.20. The van der Waals surface area contributed by atoms with Gasteiger partial charge in [-0.1, -0.05) is 48.0 Å². The zero-order valence-corrected chi connectivity index (χ0v) is 13.4. The van der Waals surface area contributed by atoms with E-state index in [1.165, 1.54) is 51.9 Å². The first-order valence-corrected chi connectivity index (χ1v) is 8.24. The van der Waals surface area contributed by atoms with Crippen LogP contribution in [-0.4, -0.2) is 0 Å². The van der Waals surface area contributed by atoms with Gasteiger partial charge in [0.05, 0.1) is 5.02 Å². The maximum Gasteiger partial charge on any atom is 0.0635 e. The van der Waals surface area contributed by atoms with Crippen molar-refractivity contribution in [1.29, 1.82) is 0 Å². The van der Waals surface area contributed by atoms with E-state index in [2.05, 4.69) is 52.3 Å². The molecule has 0 unspecified atom stereocenters. The highest BCUT2D eigenvalue weighted by atomic mass is 79.9. The van der Waals surface area contributed by atoms with Gasteiger partial charge in [-0.25, -0.2) is 0 Å². The molecule has 0 bridgehead atoms. The van der Waals surface area contributed by atoms with Crippen molar-refractivity contribution in [2.45, 2.75) is 25.7 Å². The van der Waals surface area contributed by atoms with E-state index in [4.69, 9.17) is 11.6 Å². The first-order valence-electron chi connectivity index (χ1n) is 7.07. The molecule has 0 atom stereocenters. The summed E-state index contributed by atoms with van der Waals surface area (Å²) in [5.74, 6) is 0. The molecule has 0 nitrogen and oxygen atoms in total. The molecular weight excluding hydrogens is 332 g/mol. The number of fused-ring (bicyclic) bond motifs is 5. The van der Waals surface area contributed by atoms with Gasteiger partial charge in [0.25, 0.3) is 0 Å². The Hall–Kier alpha value is -1.05. The Bertz CT molecular complexity index is 831. The van der Waals surface area contributed by atoms with Gasteiger partial charge in [0.15, 0.2) is 0 Å². The molecular formula is C18H14BrCl. The Morgan fingerprint density at radius 2 is 1.60 bits per heavy atom. The molecule has 1 aliphatic rings. The lowest BCUT2D eigenvalue weighted by molar-refractivity contribution is 0.690. The Balaban J connectivity index is 2.25. The van der Waals surface area contributed by atoms with Crippen LogP contribution in [0.25, 0.3) is 21.5 Å². The number of aryl methyl sites for hydroxylation is 2. The van der Waals surface area contributed by atoms with Crippen molar-refractivity contribution in [3.8, 4) is 0 Å². The summed E-state index contributed by atoms with van der Waals surface area (Å²) >= 11 is 10.4. The largest absolute Gasteiger partial charge is 0.0824 e. The summed E-state index contributed by atoms with van der Waals surface area (Å²) in [6, 6.07) is 13.0. The molecule has 0 spiro atoms. The number of hydrogen-bond acceptors (Lipinski definition) is 0. The minimum atomic E-state index is 0.873. The second-order valence-electron chi connectivity index (χ2n) is 5.51. The highest BCUT2D eigenvalue weighted by molar-refractivity contribution is 9.10. The highest BCUT2D eigenvalue weighted by Crippen LogP contribution is 2.42. The fourth-order valence-electron chi connectivity index (χ4n) is 3.44. The second kappa shape index (κ2) is 4.75. The van der Waals surface area contributed by atoms with Crippen molar-refractivity contribution in [2.75, 3.05) is 0 Å². The van der Waals surface area contributed by atoms with Gasteiger partial charge in [-0.05, 0) is 68.9 Å². The molecule has 0 heterocycles. The average Bonchev–Trinajstić information content (AvgIpc) is 2.51. The normalized spacial score (nSPS) is 14.7. The molecule has 2 heteroatoms. The SMILES string of the molecule is Clc1c(Br)c2ccccc2c2ccc3c(c12)CCCC3. The van der Waals surface area contributed by atoms with E-state index in [9.17, 15) is 0 Å². The molecule has 0 saturated carbocycles. The molecule has 0 aromatic heterocycles. The molecule has 0 radical (unpaired) electrons. The fourth-order valence-corrected chi connectivity index (χ4v) is 4.30. The maximum absolute atomic E-state index is 6.70. The summed E-state index contributed by atoms with van der Waals surface area (Å²) in [7, 11) is 0. The molecule has 1 aliphatic carbocycles. The van der Waals surface area contributed by atoms with Crippen LogP contribution in [0.5, 0.6) is 0 Å². The van der Waals surface area contributed by atoms with Crippen molar-refractivity contribution in [3.05, 3.63) is 57.0 Å². The quantitative estimate of drug-likeness (QED) is 0.420. The summed E-state index contributed by atoms with van der Waals surface area (Å²) in [6.45, 7) is 0. The van der Waals surface area contributed by atoms with Crippen LogP contribution in [0.2, 0.25) is 5.02 Å². The third-order valence-electron chi connectivity index (χ3n) is 4.40. The van der Waals surface area contributed by atoms with E-state index in [0.717, 1.165) is 15.9 Å². The minimum absolute atomic E-state index is 0.873. The van der Waals surface area contributed by atoms with Crippen molar-refractivity contribution in [3.63, 3.8) is 0 Å². The third kappa shape index (κ3) is 1.73. The molecule has 0 fully saturated rings. The second-order valence-corrected chi connectivity index (χ2v) is 6.68. The smallest absolute Gasteiger partial charge is 0.0635 e. The average molecular weight is 346 g/mol. The van der Waals surface area contributed by atoms with E-state index >= 15 is 0 Å². The van der Waals surface area contributed by atoms with Crippen molar-refractivity contribution >= 4 is 49.1 Å². The number of hydrogen-bond donors (Lipinski definition) is 0. The van der Waals surface area contributed by atoms with Gasteiger partial charge in [0, 0.05) is 9.86 Å². The molecule has 0 aliphatic heterocycles. The fraction of sp³-hybridized carbons (Fsp3) is 0.222. The number of rotatable bonds is 0. The van der Waals surface area contributed by atoms with Crippen LogP contribution in [0, 0.1) is 0 Å². The number of halogens is 2. The first-order chi connectivity index (χ1) is 9.77. The lowest BCUT2D eigenvalue weighted by atomic mass is 9.86. The third-order valence-corrected chi connectivity index (χ3v) is 5.83. The summed E-state index contributed by atoms with van der Waals surface area (Å²) in [5, 5.41) is 5.90. The minimum Gasteiger partial charge on any atom is -0.0824 e. The van der Waals surface area contributed by atoms with Crippen LogP contribution < -0.4 is 0 Å². The van der Waals surface area contributed by atoms with E-state index < -0.39 is 0 Å². The van der Waals surface area contributed by atoms with Crippen LogP contribution in [0.3, 0.4) is 0 Å². The van der Waals surface area contributed by atoms with Crippen LogP contribution >= 0.6 is 27.5 Å². The molecule has 3 aromatic carbocycles. The van der Waals surface area contributed by atoms with E-state index in [-0.39, 0.29) is 0 Å². The zero-order chi connectivity index (χ0) is 13.7. The zero-order valence-electron chi connectivity index (χ0n) is 11.0. The Labute approximate surface area is 131 Å². The van der Waals surface area contributed by atoms with Gasteiger partial charge in [-0.15, -0.1) is 0 Å². The molecule has 0 amide bonds. The van der Waals surface area contributed by atoms with Gasteiger partial charge in [-0.3, -0.25) is 0 Å². The molecule has 0 saturated heterocycles. The Kier molecular flexibility index (Phi) is 3.01. The summed E-state index contributed by atoms with van der Waals surface area (Å²) in [6.07, 6.45) is 4.90. The Morgan fingerprint density at radius 1 is 0.850 bits per heavy atom. The topological polar surface area (TPSA) is 0 Å². The van der Waals surface area contributed by atoms with Crippen LogP contribution in [0.4, 0.5) is 0 Å². The molecule has 4 rings (SSSR count). The van der Waals surface area contributed by atoms with Crippen molar-refractivity contribution < 1.29 is 0 Å². The summed E-state index contributed by atoms with van der Waals surface area (Å²) in [4.78, 5) is 0. The molecule has 100 valence electrons. The maximum atomic E-state index is 6.70. The van der Waals surface area contributed by atoms with Crippen LogP contribution in [-0.2, 0) is 12.8 Å². The van der Waals surface area contributed by atoms with Gasteiger partial charge in [0.2, 0.25) is 0 Å².